The molecule has 2 rings (SSSR count). The Hall–Kier alpha value is -0.0900. The zero-order valence-corrected chi connectivity index (χ0v) is 19.0. The van der Waals surface area contributed by atoms with Crippen molar-refractivity contribution in [2.75, 3.05) is 39.0 Å². The van der Waals surface area contributed by atoms with Crippen LogP contribution < -0.4 is 10.6 Å². The number of halogens is 1. The van der Waals surface area contributed by atoms with E-state index in [1.165, 1.54) is 31.9 Å². The molecule has 0 spiro atoms. The topological polar surface area (TPSA) is 73.8 Å². The molecule has 2 N–H and O–H groups in total. The Morgan fingerprint density at radius 2 is 1.84 bits per heavy atom. The van der Waals surface area contributed by atoms with E-state index in [0.717, 1.165) is 38.4 Å². The van der Waals surface area contributed by atoms with Crippen molar-refractivity contribution in [2.24, 2.45) is 16.3 Å². The number of piperidine rings is 1. The van der Waals surface area contributed by atoms with Gasteiger partial charge in [-0.05, 0) is 50.4 Å². The standard InChI is InChI=1S/C17H34N4O2S.HI/c1-4-17(9-6-10-17)14-20-16(18-5-2)19-13-15-7-11-21(12-8-15)24(3,22)23;/h15H,4-14H2,1-3H3,(H2,18,19,20);1H. The zero-order chi connectivity index (χ0) is 17.6. The number of hydrogen-bond donors (Lipinski definition) is 2. The molecule has 1 heterocycles. The molecule has 0 aromatic rings. The molecule has 0 bridgehead atoms. The smallest absolute Gasteiger partial charge is 0.211 e. The second kappa shape index (κ2) is 10.3. The van der Waals surface area contributed by atoms with Gasteiger partial charge in [0.2, 0.25) is 10.0 Å². The lowest BCUT2D eigenvalue weighted by atomic mass is 9.67. The van der Waals surface area contributed by atoms with Gasteiger partial charge in [0.15, 0.2) is 5.96 Å². The molecule has 8 heteroatoms. The van der Waals surface area contributed by atoms with Crippen molar-refractivity contribution >= 4 is 40.0 Å². The van der Waals surface area contributed by atoms with Crippen molar-refractivity contribution in [1.29, 1.82) is 0 Å². The summed E-state index contributed by atoms with van der Waals surface area (Å²) in [7, 11) is -3.04. The van der Waals surface area contributed by atoms with Gasteiger partial charge in [-0.25, -0.2) is 12.7 Å². The highest BCUT2D eigenvalue weighted by Crippen LogP contribution is 2.43. The van der Waals surface area contributed by atoms with Gasteiger partial charge in [0, 0.05) is 32.7 Å². The summed E-state index contributed by atoms with van der Waals surface area (Å²) in [6, 6.07) is 0. The van der Waals surface area contributed by atoms with E-state index in [1.54, 1.807) is 4.31 Å². The molecule has 0 aromatic heterocycles. The molecule has 0 radical (unpaired) electrons. The summed E-state index contributed by atoms with van der Waals surface area (Å²) in [6.07, 6.45) is 8.28. The van der Waals surface area contributed by atoms with Crippen molar-refractivity contribution in [3.8, 4) is 0 Å². The van der Waals surface area contributed by atoms with E-state index >= 15 is 0 Å². The number of guanidine groups is 1. The van der Waals surface area contributed by atoms with E-state index in [4.69, 9.17) is 4.99 Å². The summed E-state index contributed by atoms with van der Waals surface area (Å²) in [5.74, 6) is 1.42. The maximum absolute atomic E-state index is 11.6. The predicted molar refractivity (Wildman–Crippen MR) is 115 cm³/mol. The van der Waals surface area contributed by atoms with Crippen molar-refractivity contribution in [1.82, 2.24) is 14.9 Å². The van der Waals surface area contributed by atoms with E-state index < -0.39 is 10.0 Å². The highest BCUT2D eigenvalue weighted by atomic mass is 127. The molecular weight excluding hydrogens is 451 g/mol. The minimum absolute atomic E-state index is 0. The van der Waals surface area contributed by atoms with Crippen LogP contribution in [0.1, 0.15) is 52.4 Å². The SMILES string of the molecule is CCNC(=NCC1(CC)CCC1)NCC1CCN(S(C)(=O)=O)CC1.I. The Morgan fingerprint density at radius 1 is 1.20 bits per heavy atom. The van der Waals surface area contributed by atoms with E-state index in [-0.39, 0.29) is 24.0 Å². The van der Waals surface area contributed by atoms with Crippen LogP contribution in [0.25, 0.3) is 0 Å². The van der Waals surface area contributed by atoms with Gasteiger partial charge < -0.3 is 10.6 Å². The van der Waals surface area contributed by atoms with E-state index in [0.29, 0.717) is 24.4 Å². The summed E-state index contributed by atoms with van der Waals surface area (Å²) < 4.78 is 24.7. The lowest BCUT2D eigenvalue weighted by molar-refractivity contribution is 0.139. The lowest BCUT2D eigenvalue weighted by Gasteiger charge is -2.40. The largest absolute Gasteiger partial charge is 0.357 e. The summed E-state index contributed by atoms with van der Waals surface area (Å²) in [5, 5.41) is 6.79. The summed E-state index contributed by atoms with van der Waals surface area (Å²) >= 11 is 0. The van der Waals surface area contributed by atoms with Crippen molar-refractivity contribution < 1.29 is 8.42 Å². The first-order valence-electron chi connectivity index (χ1n) is 9.36. The molecule has 1 saturated heterocycles. The van der Waals surface area contributed by atoms with Crippen LogP contribution in [0.2, 0.25) is 0 Å². The van der Waals surface area contributed by atoms with Crippen LogP contribution in [-0.4, -0.2) is 57.7 Å². The van der Waals surface area contributed by atoms with Crippen molar-refractivity contribution in [3.63, 3.8) is 0 Å². The predicted octanol–water partition coefficient (Wildman–Crippen LogP) is 2.41. The number of hydrogen-bond acceptors (Lipinski definition) is 3. The Labute approximate surface area is 170 Å². The molecule has 25 heavy (non-hydrogen) atoms. The third-order valence-electron chi connectivity index (χ3n) is 5.68. The summed E-state index contributed by atoms with van der Waals surface area (Å²) in [6.45, 7) is 8.26. The Bertz CT molecular complexity index is 521. The second-order valence-corrected chi connectivity index (χ2v) is 9.37. The fourth-order valence-corrected chi connectivity index (χ4v) is 4.45. The number of nitrogens with zero attached hydrogens (tertiary/aromatic N) is 2. The quantitative estimate of drug-likeness (QED) is 0.329. The molecule has 0 atom stereocenters. The molecule has 0 aromatic carbocycles. The third kappa shape index (κ3) is 6.86. The molecular formula is C17H35IN4O2S. The molecule has 1 aliphatic heterocycles. The molecule has 0 amide bonds. The van der Waals surface area contributed by atoms with Gasteiger partial charge in [-0.15, -0.1) is 24.0 Å². The average molecular weight is 486 g/mol. The normalized spacial score (nSPS) is 22.0. The fourth-order valence-electron chi connectivity index (χ4n) is 3.57. The van der Waals surface area contributed by atoms with Gasteiger partial charge in [0.05, 0.1) is 6.26 Å². The second-order valence-electron chi connectivity index (χ2n) is 7.39. The third-order valence-corrected chi connectivity index (χ3v) is 6.98. The molecule has 1 saturated carbocycles. The number of sulfonamides is 1. The van der Waals surface area contributed by atoms with Crippen LogP contribution in [0.5, 0.6) is 0 Å². The minimum atomic E-state index is -3.04. The summed E-state index contributed by atoms with van der Waals surface area (Å²) in [5.41, 5.74) is 0.434. The maximum atomic E-state index is 11.6. The molecule has 2 aliphatic rings. The van der Waals surface area contributed by atoms with Crippen molar-refractivity contribution in [3.05, 3.63) is 0 Å². The highest BCUT2D eigenvalue weighted by molar-refractivity contribution is 14.0. The average Bonchev–Trinajstić information content (AvgIpc) is 2.51. The first kappa shape index (κ1) is 23.0. The lowest BCUT2D eigenvalue weighted by Crippen LogP contribution is -2.44. The summed E-state index contributed by atoms with van der Waals surface area (Å²) in [4.78, 5) is 4.81. The van der Waals surface area contributed by atoms with Crippen LogP contribution in [0, 0.1) is 11.3 Å². The number of aliphatic imine (C=N–C) groups is 1. The van der Waals surface area contributed by atoms with Crippen LogP contribution in [0.15, 0.2) is 4.99 Å². The monoisotopic (exact) mass is 486 g/mol. The van der Waals surface area contributed by atoms with Crippen molar-refractivity contribution in [2.45, 2.75) is 52.4 Å². The highest BCUT2D eigenvalue weighted by Gasteiger charge is 2.34. The number of rotatable bonds is 7. The first-order chi connectivity index (χ1) is 11.4. The first-order valence-corrected chi connectivity index (χ1v) is 11.2. The van der Waals surface area contributed by atoms with E-state index in [9.17, 15) is 8.42 Å². The fraction of sp³-hybridized carbons (Fsp3) is 0.941. The molecule has 0 unspecified atom stereocenters. The number of nitrogens with one attached hydrogen (secondary N) is 2. The van der Waals surface area contributed by atoms with E-state index in [1.807, 2.05) is 0 Å². The van der Waals surface area contributed by atoms with Crippen LogP contribution in [-0.2, 0) is 10.0 Å². The Kier molecular flexibility index (Phi) is 9.45. The van der Waals surface area contributed by atoms with Gasteiger partial charge in [0.1, 0.15) is 0 Å². The van der Waals surface area contributed by atoms with Gasteiger partial charge in [-0.3, -0.25) is 4.99 Å². The van der Waals surface area contributed by atoms with Gasteiger partial charge in [-0.2, -0.15) is 0 Å². The molecule has 148 valence electrons. The molecule has 1 aliphatic carbocycles. The van der Waals surface area contributed by atoms with E-state index in [2.05, 4.69) is 24.5 Å². The zero-order valence-electron chi connectivity index (χ0n) is 15.9. The molecule has 2 fully saturated rings. The van der Waals surface area contributed by atoms with Gasteiger partial charge in [0.25, 0.3) is 0 Å². The van der Waals surface area contributed by atoms with Gasteiger partial charge in [-0.1, -0.05) is 13.3 Å². The Balaban J connectivity index is 0.00000312. The van der Waals surface area contributed by atoms with Crippen LogP contribution in [0.3, 0.4) is 0 Å². The minimum Gasteiger partial charge on any atom is -0.357 e. The van der Waals surface area contributed by atoms with Crippen LogP contribution in [0.4, 0.5) is 0 Å². The maximum Gasteiger partial charge on any atom is 0.211 e. The molecule has 6 nitrogen and oxygen atoms in total. The van der Waals surface area contributed by atoms with Gasteiger partial charge >= 0.3 is 0 Å². The Morgan fingerprint density at radius 3 is 2.28 bits per heavy atom. The van der Waals surface area contributed by atoms with Crippen LogP contribution >= 0.6 is 24.0 Å².